The van der Waals surface area contributed by atoms with Gasteiger partial charge in [0.15, 0.2) is 0 Å². The van der Waals surface area contributed by atoms with Crippen LogP contribution < -0.4 is 9.47 Å². The van der Waals surface area contributed by atoms with Crippen LogP contribution in [0.2, 0.25) is 0 Å². The van der Waals surface area contributed by atoms with Gasteiger partial charge in [0.25, 0.3) is 10.1 Å². The minimum atomic E-state index is -3.79. The molecule has 29 heavy (non-hydrogen) atoms. The number of carbonyl (C=O) groups excluding carboxylic acids is 1. The van der Waals surface area contributed by atoms with Crippen molar-refractivity contribution >= 4 is 32.0 Å². The molecule has 0 N–H and O–H groups in total. The Morgan fingerprint density at radius 3 is 2.45 bits per heavy atom. The minimum absolute atomic E-state index is 0.0206. The number of ether oxygens (including phenoxy) is 2. The standard InChI is InChI=1S/C20H22BrFO6S/c1-4-5-11-26-19-16(20(23)28-14-9-7-6-8-10-14)13(2)18(22)15(17(19)21)12-27-29(3,24)25/h6-10H,4-5,11-12H2,1-3H3. The van der Waals surface area contributed by atoms with E-state index in [1.54, 1.807) is 30.3 Å². The molecule has 0 amide bonds. The summed E-state index contributed by atoms with van der Waals surface area (Å²) in [5.74, 6) is -1.17. The Labute approximate surface area is 178 Å². The Hall–Kier alpha value is -1.97. The van der Waals surface area contributed by atoms with Gasteiger partial charge in [0, 0.05) is 11.1 Å². The third kappa shape index (κ3) is 6.25. The van der Waals surface area contributed by atoms with E-state index in [0.29, 0.717) is 12.2 Å². The third-order valence-corrected chi connectivity index (χ3v) is 5.36. The van der Waals surface area contributed by atoms with Crippen molar-refractivity contribution in [3.05, 3.63) is 57.3 Å². The van der Waals surface area contributed by atoms with Crippen molar-refractivity contribution in [1.82, 2.24) is 0 Å². The van der Waals surface area contributed by atoms with Crippen molar-refractivity contribution < 1.29 is 31.3 Å². The molecule has 0 atom stereocenters. The zero-order valence-electron chi connectivity index (χ0n) is 16.3. The molecular weight excluding hydrogens is 467 g/mol. The summed E-state index contributed by atoms with van der Waals surface area (Å²) in [7, 11) is -3.79. The van der Waals surface area contributed by atoms with Crippen molar-refractivity contribution in [2.45, 2.75) is 33.3 Å². The van der Waals surface area contributed by atoms with Crippen LogP contribution in [0.5, 0.6) is 11.5 Å². The SMILES string of the molecule is CCCCOc1c(Br)c(COS(C)(=O)=O)c(F)c(C)c1C(=O)Oc1ccccc1. The fourth-order valence-electron chi connectivity index (χ4n) is 2.49. The molecule has 2 aromatic carbocycles. The molecule has 158 valence electrons. The van der Waals surface area contributed by atoms with E-state index in [1.807, 2.05) is 6.92 Å². The van der Waals surface area contributed by atoms with E-state index in [-0.39, 0.29) is 33.5 Å². The normalized spacial score (nSPS) is 11.3. The molecule has 0 aliphatic rings. The smallest absolute Gasteiger partial charge is 0.347 e. The number of rotatable bonds is 9. The van der Waals surface area contributed by atoms with Crippen LogP contribution in [0.25, 0.3) is 0 Å². The number of esters is 1. The lowest BCUT2D eigenvalue weighted by molar-refractivity contribution is 0.0728. The first-order chi connectivity index (χ1) is 13.7. The van der Waals surface area contributed by atoms with Crippen LogP contribution in [0.4, 0.5) is 4.39 Å². The lowest BCUT2D eigenvalue weighted by Gasteiger charge is -2.19. The second-order valence-electron chi connectivity index (χ2n) is 6.31. The number of halogens is 2. The molecule has 2 rings (SSSR count). The van der Waals surface area contributed by atoms with Crippen molar-refractivity contribution in [3.63, 3.8) is 0 Å². The molecule has 0 radical (unpaired) electrons. The highest BCUT2D eigenvalue weighted by Gasteiger charge is 2.28. The van der Waals surface area contributed by atoms with Gasteiger partial charge in [0.2, 0.25) is 0 Å². The first kappa shape index (κ1) is 23.3. The predicted molar refractivity (Wildman–Crippen MR) is 110 cm³/mol. The molecule has 0 bridgehead atoms. The number of unbranched alkanes of at least 4 members (excludes halogenated alkanes) is 1. The summed E-state index contributed by atoms with van der Waals surface area (Å²) in [6, 6.07) is 8.39. The van der Waals surface area contributed by atoms with Crippen LogP contribution in [0, 0.1) is 12.7 Å². The topological polar surface area (TPSA) is 78.9 Å². The third-order valence-electron chi connectivity index (χ3n) is 3.98. The molecule has 0 aliphatic heterocycles. The fraction of sp³-hybridized carbons (Fsp3) is 0.350. The molecule has 0 fully saturated rings. The maximum absolute atomic E-state index is 15.0. The quantitative estimate of drug-likeness (QED) is 0.219. The first-order valence-corrected chi connectivity index (χ1v) is 11.5. The van der Waals surface area contributed by atoms with Gasteiger partial charge in [-0.1, -0.05) is 31.5 Å². The second kappa shape index (κ2) is 10.2. The zero-order valence-corrected chi connectivity index (χ0v) is 18.7. The van der Waals surface area contributed by atoms with Crippen LogP contribution in [0.15, 0.2) is 34.8 Å². The van der Waals surface area contributed by atoms with Gasteiger partial charge in [-0.3, -0.25) is 4.18 Å². The Kier molecular flexibility index (Phi) is 8.18. The summed E-state index contributed by atoms with van der Waals surface area (Å²) >= 11 is 3.24. The highest BCUT2D eigenvalue weighted by atomic mass is 79.9. The Morgan fingerprint density at radius 2 is 1.86 bits per heavy atom. The Balaban J connectivity index is 2.51. The first-order valence-electron chi connectivity index (χ1n) is 8.90. The summed E-state index contributed by atoms with van der Waals surface area (Å²) < 4.78 is 53.6. The summed E-state index contributed by atoms with van der Waals surface area (Å²) in [5.41, 5.74) is -0.152. The van der Waals surface area contributed by atoms with Gasteiger partial charge < -0.3 is 9.47 Å². The van der Waals surface area contributed by atoms with E-state index in [0.717, 1.165) is 12.7 Å². The number of carbonyl (C=O) groups is 1. The number of hydrogen-bond acceptors (Lipinski definition) is 6. The van der Waals surface area contributed by atoms with E-state index in [4.69, 9.17) is 13.7 Å². The molecule has 0 saturated carbocycles. The van der Waals surface area contributed by atoms with Gasteiger partial charge in [0.05, 0.1) is 23.9 Å². The Bertz CT molecular complexity index is 976. The highest BCUT2D eigenvalue weighted by molar-refractivity contribution is 9.10. The van der Waals surface area contributed by atoms with Crippen LogP contribution >= 0.6 is 15.9 Å². The lowest BCUT2D eigenvalue weighted by atomic mass is 10.0. The molecule has 2 aromatic rings. The van der Waals surface area contributed by atoms with Gasteiger partial charge >= 0.3 is 5.97 Å². The van der Waals surface area contributed by atoms with Gasteiger partial charge in [-0.25, -0.2) is 9.18 Å². The summed E-state index contributed by atoms with van der Waals surface area (Å²) in [5, 5.41) is 0. The monoisotopic (exact) mass is 488 g/mol. The summed E-state index contributed by atoms with van der Waals surface area (Å²) in [6.07, 6.45) is 2.44. The van der Waals surface area contributed by atoms with Crippen molar-refractivity contribution in [2.24, 2.45) is 0 Å². The molecule has 0 heterocycles. The number of benzene rings is 2. The molecule has 0 saturated heterocycles. The number of hydrogen-bond donors (Lipinski definition) is 0. The number of para-hydroxylation sites is 1. The average molecular weight is 489 g/mol. The van der Waals surface area contributed by atoms with Gasteiger partial charge in [-0.05, 0) is 41.4 Å². The molecule has 6 nitrogen and oxygen atoms in total. The van der Waals surface area contributed by atoms with Crippen LogP contribution in [-0.4, -0.2) is 27.2 Å². The van der Waals surface area contributed by atoms with E-state index >= 15 is 0 Å². The second-order valence-corrected chi connectivity index (χ2v) is 8.74. The van der Waals surface area contributed by atoms with Gasteiger partial charge in [0.1, 0.15) is 22.9 Å². The molecule has 0 aliphatic carbocycles. The summed E-state index contributed by atoms with van der Waals surface area (Å²) in [6.45, 7) is 3.13. The molecule has 0 aromatic heterocycles. The van der Waals surface area contributed by atoms with Gasteiger partial charge in [-0.2, -0.15) is 8.42 Å². The Morgan fingerprint density at radius 1 is 1.21 bits per heavy atom. The van der Waals surface area contributed by atoms with Crippen molar-refractivity contribution in [3.8, 4) is 11.5 Å². The van der Waals surface area contributed by atoms with E-state index in [1.165, 1.54) is 6.92 Å². The largest absolute Gasteiger partial charge is 0.491 e. The molecule has 0 unspecified atom stereocenters. The van der Waals surface area contributed by atoms with E-state index < -0.39 is 28.5 Å². The predicted octanol–water partition coefficient (Wildman–Crippen LogP) is 4.77. The summed E-state index contributed by atoms with van der Waals surface area (Å²) in [4.78, 5) is 12.8. The maximum atomic E-state index is 15.0. The van der Waals surface area contributed by atoms with Gasteiger partial charge in [-0.15, -0.1) is 0 Å². The zero-order chi connectivity index (χ0) is 21.6. The maximum Gasteiger partial charge on any atom is 0.347 e. The van der Waals surface area contributed by atoms with Crippen LogP contribution in [-0.2, 0) is 20.9 Å². The average Bonchev–Trinajstić information content (AvgIpc) is 2.65. The van der Waals surface area contributed by atoms with Crippen LogP contribution in [0.1, 0.15) is 41.3 Å². The van der Waals surface area contributed by atoms with E-state index in [2.05, 4.69) is 15.9 Å². The van der Waals surface area contributed by atoms with E-state index in [9.17, 15) is 17.6 Å². The molecular formula is C20H22BrFO6S. The van der Waals surface area contributed by atoms with Crippen molar-refractivity contribution in [1.29, 1.82) is 0 Å². The minimum Gasteiger partial charge on any atom is -0.491 e. The highest BCUT2D eigenvalue weighted by Crippen LogP contribution is 2.38. The lowest BCUT2D eigenvalue weighted by Crippen LogP contribution is -2.17. The van der Waals surface area contributed by atoms with Crippen LogP contribution in [0.3, 0.4) is 0 Å². The molecule has 0 spiro atoms. The fourth-order valence-corrected chi connectivity index (χ4v) is 3.42. The van der Waals surface area contributed by atoms with Crippen molar-refractivity contribution in [2.75, 3.05) is 12.9 Å². The molecule has 9 heteroatoms.